The number of nitrogens with two attached hydrogens (primary N) is 1. The van der Waals surface area contributed by atoms with E-state index in [1.54, 1.807) is 19.2 Å². The van der Waals surface area contributed by atoms with Gasteiger partial charge in [0.05, 0.1) is 11.5 Å². The van der Waals surface area contributed by atoms with Crippen molar-refractivity contribution in [3.8, 4) is 0 Å². The lowest BCUT2D eigenvalue weighted by Gasteiger charge is -2.15. The summed E-state index contributed by atoms with van der Waals surface area (Å²) in [6, 6.07) is 4.81. The van der Waals surface area contributed by atoms with E-state index in [1.807, 2.05) is 6.92 Å². The van der Waals surface area contributed by atoms with Gasteiger partial charge in [0.15, 0.2) is 0 Å². The largest absolute Gasteiger partial charge is 0.384 e. The summed E-state index contributed by atoms with van der Waals surface area (Å²) in [5.74, 6) is 0.340. The second-order valence-electron chi connectivity index (χ2n) is 4.46. The molecule has 0 radical (unpaired) electrons. The van der Waals surface area contributed by atoms with Gasteiger partial charge in [-0.25, -0.2) is 13.6 Å². The Hall–Kier alpha value is -1.11. The molecule has 5 nitrogen and oxygen atoms in total. The summed E-state index contributed by atoms with van der Waals surface area (Å²) in [5.41, 5.74) is 1.76. The minimum atomic E-state index is -3.66. The van der Waals surface area contributed by atoms with Gasteiger partial charge in [0.1, 0.15) is 0 Å². The van der Waals surface area contributed by atoms with Gasteiger partial charge in [-0.3, -0.25) is 0 Å². The third kappa shape index (κ3) is 4.29. The summed E-state index contributed by atoms with van der Waals surface area (Å²) >= 11 is 0. The van der Waals surface area contributed by atoms with Gasteiger partial charge in [-0.2, -0.15) is 0 Å². The maximum absolute atomic E-state index is 11.3. The topological polar surface area (TPSA) is 81.4 Å². The summed E-state index contributed by atoms with van der Waals surface area (Å²) in [6.07, 6.45) is 0. The van der Waals surface area contributed by atoms with E-state index in [-0.39, 0.29) is 4.90 Å². The molecule has 0 amide bonds. The fraction of sp³-hybridized carbons (Fsp3) is 0.500. The number of primary sulfonamides is 1. The van der Waals surface area contributed by atoms with Crippen LogP contribution in [0.4, 0.5) is 5.69 Å². The van der Waals surface area contributed by atoms with E-state index in [1.165, 1.54) is 6.07 Å². The number of benzene rings is 1. The third-order valence-corrected chi connectivity index (χ3v) is 3.54. The number of aryl methyl sites for hydroxylation is 1. The van der Waals surface area contributed by atoms with Crippen LogP contribution >= 0.6 is 0 Å². The minimum absolute atomic E-state index is 0.120. The van der Waals surface area contributed by atoms with E-state index >= 15 is 0 Å². The zero-order chi connectivity index (χ0) is 13.8. The van der Waals surface area contributed by atoms with Crippen LogP contribution < -0.4 is 10.5 Å². The molecular formula is C12H20N2O3S. The minimum Gasteiger partial charge on any atom is -0.384 e. The van der Waals surface area contributed by atoms with Gasteiger partial charge in [-0.1, -0.05) is 13.0 Å². The Morgan fingerprint density at radius 2 is 2.11 bits per heavy atom. The van der Waals surface area contributed by atoms with Crippen LogP contribution in [0.2, 0.25) is 0 Å². The molecule has 0 aromatic heterocycles. The van der Waals surface area contributed by atoms with E-state index in [2.05, 4.69) is 12.2 Å². The van der Waals surface area contributed by atoms with Crippen LogP contribution in [-0.4, -0.2) is 28.7 Å². The number of rotatable bonds is 6. The van der Waals surface area contributed by atoms with Crippen molar-refractivity contribution in [1.29, 1.82) is 0 Å². The number of hydrogen-bond acceptors (Lipinski definition) is 4. The maximum Gasteiger partial charge on any atom is 0.238 e. The molecule has 0 aliphatic heterocycles. The number of anilines is 1. The molecule has 1 unspecified atom stereocenters. The first-order valence-electron chi connectivity index (χ1n) is 5.71. The van der Waals surface area contributed by atoms with Gasteiger partial charge in [-0.15, -0.1) is 0 Å². The molecule has 0 bridgehead atoms. The Bertz CT molecular complexity index is 500. The highest BCUT2D eigenvalue weighted by molar-refractivity contribution is 7.89. The maximum atomic E-state index is 11.3. The molecule has 1 atom stereocenters. The predicted molar refractivity (Wildman–Crippen MR) is 72.1 cm³/mol. The lowest BCUT2D eigenvalue weighted by atomic mass is 10.1. The molecule has 0 aliphatic rings. The first-order valence-corrected chi connectivity index (χ1v) is 7.25. The fourth-order valence-corrected chi connectivity index (χ4v) is 2.14. The van der Waals surface area contributed by atoms with Crippen LogP contribution in [0, 0.1) is 12.8 Å². The number of methoxy groups -OCH3 is 1. The second kappa shape index (κ2) is 6.17. The molecule has 6 heteroatoms. The van der Waals surface area contributed by atoms with Gasteiger partial charge in [0.25, 0.3) is 0 Å². The van der Waals surface area contributed by atoms with Crippen molar-refractivity contribution in [3.05, 3.63) is 23.8 Å². The Morgan fingerprint density at radius 1 is 1.44 bits per heavy atom. The zero-order valence-corrected chi connectivity index (χ0v) is 11.8. The van der Waals surface area contributed by atoms with Gasteiger partial charge < -0.3 is 10.1 Å². The summed E-state index contributed by atoms with van der Waals surface area (Å²) in [6.45, 7) is 5.33. The SMILES string of the molecule is COCC(C)CNc1cc(S(N)(=O)=O)ccc1C. The molecule has 0 saturated carbocycles. The fourth-order valence-electron chi connectivity index (χ4n) is 1.60. The monoisotopic (exact) mass is 272 g/mol. The van der Waals surface area contributed by atoms with Crippen LogP contribution in [0.5, 0.6) is 0 Å². The van der Waals surface area contributed by atoms with Crippen LogP contribution in [0.25, 0.3) is 0 Å². The Labute approximate surface area is 108 Å². The van der Waals surface area contributed by atoms with Crippen molar-refractivity contribution in [2.75, 3.05) is 25.6 Å². The molecule has 1 rings (SSSR count). The average Bonchev–Trinajstić information content (AvgIpc) is 2.26. The van der Waals surface area contributed by atoms with Crippen molar-refractivity contribution < 1.29 is 13.2 Å². The lowest BCUT2D eigenvalue weighted by molar-refractivity contribution is 0.164. The van der Waals surface area contributed by atoms with E-state index in [4.69, 9.17) is 9.88 Å². The Balaban J connectivity index is 2.82. The molecule has 1 aromatic rings. The first kappa shape index (κ1) is 14.9. The molecule has 0 fully saturated rings. The molecule has 18 heavy (non-hydrogen) atoms. The summed E-state index contributed by atoms with van der Waals surface area (Å²) < 4.78 is 27.6. The molecule has 3 N–H and O–H groups in total. The Morgan fingerprint density at radius 3 is 2.67 bits per heavy atom. The summed E-state index contributed by atoms with van der Waals surface area (Å²) in [5, 5.41) is 8.31. The molecule has 1 aromatic carbocycles. The highest BCUT2D eigenvalue weighted by atomic mass is 32.2. The van der Waals surface area contributed by atoms with E-state index < -0.39 is 10.0 Å². The van der Waals surface area contributed by atoms with Crippen molar-refractivity contribution in [2.24, 2.45) is 11.1 Å². The third-order valence-electron chi connectivity index (χ3n) is 2.63. The second-order valence-corrected chi connectivity index (χ2v) is 6.02. The molecular weight excluding hydrogens is 252 g/mol. The van der Waals surface area contributed by atoms with E-state index in [0.29, 0.717) is 19.1 Å². The first-order chi connectivity index (χ1) is 8.34. The quantitative estimate of drug-likeness (QED) is 0.818. The number of ether oxygens (including phenoxy) is 1. The van der Waals surface area contributed by atoms with Crippen LogP contribution in [0.1, 0.15) is 12.5 Å². The highest BCUT2D eigenvalue weighted by Crippen LogP contribution is 2.19. The van der Waals surface area contributed by atoms with Crippen LogP contribution in [-0.2, 0) is 14.8 Å². The van der Waals surface area contributed by atoms with Gasteiger partial charge >= 0.3 is 0 Å². The molecule has 102 valence electrons. The van der Waals surface area contributed by atoms with Crippen LogP contribution in [0.15, 0.2) is 23.1 Å². The van der Waals surface area contributed by atoms with Gasteiger partial charge in [-0.05, 0) is 30.5 Å². The summed E-state index contributed by atoms with van der Waals surface area (Å²) in [4.78, 5) is 0.120. The molecule has 0 aliphatic carbocycles. The number of sulfonamides is 1. The van der Waals surface area contributed by atoms with Crippen molar-refractivity contribution in [2.45, 2.75) is 18.7 Å². The lowest BCUT2D eigenvalue weighted by Crippen LogP contribution is -2.17. The van der Waals surface area contributed by atoms with E-state index in [0.717, 1.165) is 11.3 Å². The number of nitrogens with one attached hydrogen (secondary N) is 1. The van der Waals surface area contributed by atoms with Gasteiger partial charge in [0, 0.05) is 19.3 Å². The number of hydrogen-bond donors (Lipinski definition) is 2. The Kier molecular flexibility index (Phi) is 5.13. The van der Waals surface area contributed by atoms with E-state index in [9.17, 15) is 8.42 Å². The molecule has 0 spiro atoms. The van der Waals surface area contributed by atoms with Crippen molar-refractivity contribution in [3.63, 3.8) is 0 Å². The van der Waals surface area contributed by atoms with Gasteiger partial charge in [0.2, 0.25) is 10.0 Å². The molecule has 0 saturated heterocycles. The predicted octanol–water partition coefficient (Wildman–Crippen LogP) is 1.34. The van der Waals surface area contributed by atoms with Crippen LogP contribution in [0.3, 0.4) is 0 Å². The average molecular weight is 272 g/mol. The summed E-state index contributed by atoms with van der Waals surface area (Å²) in [7, 11) is -2.00. The van der Waals surface area contributed by atoms with Crippen molar-refractivity contribution in [1.82, 2.24) is 0 Å². The molecule has 0 heterocycles. The zero-order valence-electron chi connectivity index (χ0n) is 10.9. The standard InChI is InChI=1S/C12H20N2O3S/c1-9(8-17-3)7-14-12-6-11(18(13,15)16)5-4-10(12)2/h4-6,9,14H,7-8H2,1-3H3,(H2,13,15,16). The van der Waals surface area contributed by atoms with Crippen molar-refractivity contribution >= 4 is 15.7 Å². The smallest absolute Gasteiger partial charge is 0.238 e. The normalized spacial score (nSPS) is 13.3. The highest BCUT2D eigenvalue weighted by Gasteiger charge is 2.10.